The van der Waals surface area contributed by atoms with Crippen LogP contribution in [0.2, 0.25) is 0 Å². The van der Waals surface area contributed by atoms with E-state index in [1.54, 1.807) is 6.07 Å². The lowest BCUT2D eigenvalue weighted by molar-refractivity contribution is 0.0696. The molecular formula is C13H16N2O2. The molecule has 0 bridgehead atoms. The van der Waals surface area contributed by atoms with Gasteiger partial charge in [0.25, 0.3) is 0 Å². The maximum absolute atomic E-state index is 10.8. The Balaban J connectivity index is 3.04. The minimum Gasteiger partial charge on any atom is -0.478 e. The fraction of sp³-hybridized carbons (Fsp3) is 0.385. The third-order valence-corrected chi connectivity index (χ3v) is 2.37. The van der Waals surface area contributed by atoms with Crippen molar-refractivity contribution in [2.24, 2.45) is 0 Å². The van der Waals surface area contributed by atoms with E-state index in [9.17, 15) is 4.79 Å². The van der Waals surface area contributed by atoms with Crippen molar-refractivity contribution in [3.8, 4) is 12.3 Å². The summed E-state index contributed by atoms with van der Waals surface area (Å²) >= 11 is 0. The van der Waals surface area contributed by atoms with Crippen molar-refractivity contribution in [3.63, 3.8) is 0 Å². The van der Waals surface area contributed by atoms with E-state index in [4.69, 9.17) is 11.5 Å². The number of carbonyl (C=O) groups is 1. The van der Waals surface area contributed by atoms with Gasteiger partial charge in [-0.05, 0) is 25.0 Å². The Kier molecular flexibility index (Phi) is 4.53. The van der Waals surface area contributed by atoms with Gasteiger partial charge in [0, 0.05) is 12.7 Å². The zero-order chi connectivity index (χ0) is 12.8. The van der Waals surface area contributed by atoms with E-state index in [-0.39, 0.29) is 5.56 Å². The van der Waals surface area contributed by atoms with Gasteiger partial charge in [0.1, 0.15) is 5.82 Å². The first-order valence-electron chi connectivity index (χ1n) is 5.48. The summed E-state index contributed by atoms with van der Waals surface area (Å²) < 4.78 is 0. The molecule has 0 aliphatic carbocycles. The standard InChI is InChI=1S/C13H16N2O2/c1-4-6-15(7-5-2)12-10(3)8-11(9-14-12)13(16)17/h1,8-9H,5-7H2,2-3H3,(H,16,17). The maximum Gasteiger partial charge on any atom is 0.337 e. The number of carboxylic acid groups (broad SMARTS) is 1. The quantitative estimate of drug-likeness (QED) is 0.788. The molecule has 1 aromatic rings. The van der Waals surface area contributed by atoms with Gasteiger partial charge in [0.05, 0.1) is 12.1 Å². The van der Waals surface area contributed by atoms with Crippen LogP contribution in [-0.4, -0.2) is 29.1 Å². The Labute approximate surface area is 101 Å². The molecule has 17 heavy (non-hydrogen) atoms. The van der Waals surface area contributed by atoms with Crippen molar-refractivity contribution in [2.75, 3.05) is 18.0 Å². The number of nitrogens with zero attached hydrogens (tertiary/aromatic N) is 2. The van der Waals surface area contributed by atoms with E-state index in [1.165, 1.54) is 6.20 Å². The molecule has 0 aromatic carbocycles. The molecule has 1 aromatic heterocycles. The second-order valence-corrected chi connectivity index (χ2v) is 3.80. The van der Waals surface area contributed by atoms with E-state index < -0.39 is 5.97 Å². The van der Waals surface area contributed by atoms with Crippen LogP contribution in [0.3, 0.4) is 0 Å². The van der Waals surface area contributed by atoms with Crippen molar-refractivity contribution in [3.05, 3.63) is 23.4 Å². The third-order valence-electron chi connectivity index (χ3n) is 2.37. The highest BCUT2D eigenvalue weighted by molar-refractivity contribution is 5.87. The third kappa shape index (κ3) is 3.22. The molecule has 0 aliphatic heterocycles. The number of aryl methyl sites for hydroxylation is 1. The highest BCUT2D eigenvalue weighted by atomic mass is 16.4. The SMILES string of the molecule is C#CCN(CCC)c1ncc(C(=O)O)cc1C. The zero-order valence-corrected chi connectivity index (χ0v) is 10.1. The molecule has 0 saturated carbocycles. The summed E-state index contributed by atoms with van der Waals surface area (Å²) in [6.07, 6.45) is 7.64. The van der Waals surface area contributed by atoms with Crippen LogP contribution in [0.1, 0.15) is 29.3 Å². The Bertz CT molecular complexity index is 449. The van der Waals surface area contributed by atoms with E-state index in [0.717, 1.165) is 24.3 Å². The molecule has 1 rings (SSSR count). The predicted molar refractivity (Wildman–Crippen MR) is 67.3 cm³/mol. The zero-order valence-electron chi connectivity index (χ0n) is 10.1. The number of rotatable bonds is 5. The second kappa shape index (κ2) is 5.90. The average Bonchev–Trinajstić information content (AvgIpc) is 2.28. The fourth-order valence-electron chi connectivity index (χ4n) is 1.66. The van der Waals surface area contributed by atoms with Crippen LogP contribution in [0.15, 0.2) is 12.3 Å². The number of hydrogen-bond acceptors (Lipinski definition) is 3. The molecular weight excluding hydrogens is 216 g/mol. The van der Waals surface area contributed by atoms with E-state index in [0.29, 0.717) is 6.54 Å². The van der Waals surface area contributed by atoms with Crippen LogP contribution in [0.25, 0.3) is 0 Å². The number of anilines is 1. The van der Waals surface area contributed by atoms with Crippen LogP contribution < -0.4 is 4.90 Å². The number of hydrogen-bond donors (Lipinski definition) is 1. The molecule has 4 heteroatoms. The largest absolute Gasteiger partial charge is 0.478 e. The number of aromatic nitrogens is 1. The van der Waals surface area contributed by atoms with Crippen LogP contribution in [0, 0.1) is 19.3 Å². The molecule has 1 heterocycles. The summed E-state index contributed by atoms with van der Waals surface area (Å²) in [5.41, 5.74) is 1.03. The molecule has 90 valence electrons. The normalized spacial score (nSPS) is 9.71. The number of aromatic carboxylic acids is 1. The smallest absolute Gasteiger partial charge is 0.337 e. The van der Waals surface area contributed by atoms with Gasteiger partial charge in [-0.2, -0.15) is 0 Å². The molecule has 0 unspecified atom stereocenters. The van der Waals surface area contributed by atoms with Gasteiger partial charge in [-0.3, -0.25) is 0 Å². The number of pyridine rings is 1. The minimum atomic E-state index is -0.967. The van der Waals surface area contributed by atoms with Crippen LogP contribution in [-0.2, 0) is 0 Å². The van der Waals surface area contributed by atoms with E-state index >= 15 is 0 Å². The summed E-state index contributed by atoms with van der Waals surface area (Å²) in [7, 11) is 0. The van der Waals surface area contributed by atoms with E-state index in [1.807, 2.05) is 11.8 Å². The Morgan fingerprint density at radius 3 is 2.82 bits per heavy atom. The number of carboxylic acids is 1. The molecule has 0 radical (unpaired) electrons. The van der Waals surface area contributed by atoms with Gasteiger partial charge in [-0.25, -0.2) is 9.78 Å². The summed E-state index contributed by atoms with van der Waals surface area (Å²) in [5, 5.41) is 8.86. The lowest BCUT2D eigenvalue weighted by Gasteiger charge is -2.22. The topological polar surface area (TPSA) is 53.4 Å². The Morgan fingerprint density at radius 1 is 1.65 bits per heavy atom. The van der Waals surface area contributed by atoms with Crippen molar-refractivity contribution in [2.45, 2.75) is 20.3 Å². The molecule has 0 atom stereocenters. The lowest BCUT2D eigenvalue weighted by Crippen LogP contribution is -2.26. The highest BCUT2D eigenvalue weighted by Crippen LogP contribution is 2.18. The van der Waals surface area contributed by atoms with Gasteiger partial charge in [-0.15, -0.1) is 6.42 Å². The van der Waals surface area contributed by atoms with Crippen molar-refractivity contribution in [1.29, 1.82) is 0 Å². The Hall–Kier alpha value is -2.02. The van der Waals surface area contributed by atoms with Gasteiger partial charge >= 0.3 is 5.97 Å². The molecule has 0 amide bonds. The van der Waals surface area contributed by atoms with Gasteiger partial charge in [0.2, 0.25) is 0 Å². The first-order valence-corrected chi connectivity index (χ1v) is 5.48. The fourth-order valence-corrected chi connectivity index (χ4v) is 1.66. The average molecular weight is 232 g/mol. The molecule has 0 fully saturated rings. The second-order valence-electron chi connectivity index (χ2n) is 3.80. The molecule has 1 N–H and O–H groups in total. The van der Waals surface area contributed by atoms with Crippen molar-refractivity contribution in [1.82, 2.24) is 4.98 Å². The maximum atomic E-state index is 10.8. The number of terminal acetylenes is 1. The summed E-state index contributed by atoms with van der Waals surface area (Å²) in [5.74, 6) is 2.38. The summed E-state index contributed by atoms with van der Waals surface area (Å²) in [6, 6.07) is 1.61. The van der Waals surface area contributed by atoms with E-state index in [2.05, 4.69) is 17.8 Å². The lowest BCUT2D eigenvalue weighted by atomic mass is 10.2. The van der Waals surface area contributed by atoms with Crippen LogP contribution >= 0.6 is 0 Å². The minimum absolute atomic E-state index is 0.198. The van der Waals surface area contributed by atoms with Gasteiger partial charge in [0.15, 0.2) is 0 Å². The monoisotopic (exact) mass is 232 g/mol. The van der Waals surface area contributed by atoms with Gasteiger partial charge in [-0.1, -0.05) is 12.8 Å². The molecule has 0 spiro atoms. The van der Waals surface area contributed by atoms with Crippen LogP contribution in [0.4, 0.5) is 5.82 Å². The molecule has 0 aliphatic rings. The first kappa shape index (κ1) is 13.0. The van der Waals surface area contributed by atoms with Crippen molar-refractivity contribution >= 4 is 11.8 Å². The van der Waals surface area contributed by atoms with Crippen LogP contribution in [0.5, 0.6) is 0 Å². The molecule has 0 saturated heterocycles. The summed E-state index contributed by atoms with van der Waals surface area (Å²) in [6.45, 7) is 5.19. The predicted octanol–water partition coefficient (Wildman–Crippen LogP) is 1.94. The molecule has 4 nitrogen and oxygen atoms in total. The van der Waals surface area contributed by atoms with Crippen molar-refractivity contribution < 1.29 is 9.90 Å². The Morgan fingerprint density at radius 2 is 2.35 bits per heavy atom. The van der Waals surface area contributed by atoms with Gasteiger partial charge < -0.3 is 10.0 Å². The summed E-state index contributed by atoms with van der Waals surface area (Å²) in [4.78, 5) is 17.0. The first-order chi connectivity index (χ1) is 8.10. The highest BCUT2D eigenvalue weighted by Gasteiger charge is 2.11.